The molecule has 0 heterocycles. The van der Waals surface area contributed by atoms with Crippen molar-refractivity contribution in [1.82, 2.24) is 0 Å². The van der Waals surface area contributed by atoms with Gasteiger partial charge in [-0.15, -0.1) is 12.4 Å². The van der Waals surface area contributed by atoms with Crippen molar-refractivity contribution >= 4 is 35.5 Å². The number of halogens is 1. The molecule has 60 valence electrons. The number of unbranched alkanes of at least 4 members (excludes halogenated alkanes) is 3. The zero-order chi connectivity index (χ0) is 6.83. The molecule has 0 aromatic rings. The van der Waals surface area contributed by atoms with Gasteiger partial charge in [-0.2, -0.15) is 13.3 Å². The van der Waals surface area contributed by atoms with Crippen LogP contribution in [0.3, 0.4) is 0 Å². The Kier molecular flexibility index (Phi) is 72.4. The fourth-order valence-electron chi connectivity index (χ4n) is 0.427. The fraction of sp³-hybridized carbons (Fsp3) is 0.750. The minimum atomic E-state index is 0. The number of rotatable bonds is 3. The maximum absolute atomic E-state index is 3.72. The van der Waals surface area contributed by atoms with Gasteiger partial charge < -0.3 is 13.8 Å². The molecule has 0 saturated carbocycles. The first-order valence-electron chi connectivity index (χ1n) is 3.41. The van der Waals surface area contributed by atoms with Crippen LogP contribution in [0.2, 0.25) is 0 Å². The predicted octanol–water partition coefficient (Wildman–Crippen LogP) is 3.28. The summed E-state index contributed by atoms with van der Waals surface area (Å²) in [5.41, 5.74) is 0. The fourth-order valence-corrected chi connectivity index (χ4v) is 0.427. The second-order valence-corrected chi connectivity index (χ2v) is 1.56. The van der Waals surface area contributed by atoms with Crippen LogP contribution in [0.5, 0.6) is 0 Å². The van der Waals surface area contributed by atoms with E-state index < -0.39 is 0 Å². The monoisotopic (exact) mass is 174 g/mol. The van der Waals surface area contributed by atoms with E-state index in [2.05, 4.69) is 20.8 Å². The molecule has 0 nitrogen and oxygen atoms in total. The SMILES string of the molecule is Cl.[CH2-]C.[CH2-]CCCCC.[Mg+2]. The average molecular weight is 175 g/mol. The Bertz CT molecular complexity index is 21.2. The van der Waals surface area contributed by atoms with Gasteiger partial charge in [0.15, 0.2) is 0 Å². The summed E-state index contributed by atoms with van der Waals surface area (Å²) in [5.74, 6) is 0. The molecule has 0 rings (SSSR count). The van der Waals surface area contributed by atoms with Crippen molar-refractivity contribution in [2.24, 2.45) is 0 Å². The summed E-state index contributed by atoms with van der Waals surface area (Å²) in [6.07, 6.45) is 5.07. The van der Waals surface area contributed by atoms with Crippen LogP contribution in [0.1, 0.15) is 39.5 Å². The minimum absolute atomic E-state index is 0. The number of hydrogen-bond acceptors (Lipinski definition) is 0. The van der Waals surface area contributed by atoms with Crippen LogP contribution < -0.4 is 0 Å². The van der Waals surface area contributed by atoms with E-state index in [1.165, 1.54) is 19.3 Å². The first-order valence-corrected chi connectivity index (χ1v) is 3.41. The van der Waals surface area contributed by atoms with Gasteiger partial charge in [-0.3, -0.25) is 0 Å². The molecule has 0 N–H and O–H groups in total. The summed E-state index contributed by atoms with van der Waals surface area (Å²) >= 11 is 0. The van der Waals surface area contributed by atoms with E-state index in [-0.39, 0.29) is 35.5 Å². The molecule has 0 atom stereocenters. The van der Waals surface area contributed by atoms with Crippen molar-refractivity contribution in [3.63, 3.8) is 0 Å². The normalized spacial score (nSPS) is 6.00. The molecule has 0 radical (unpaired) electrons. The molecule has 10 heavy (non-hydrogen) atoms. The summed E-state index contributed by atoms with van der Waals surface area (Å²) in [6.45, 7) is 10.9. The molecule has 0 aromatic carbocycles. The predicted molar refractivity (Wildman–Crippen MR) is 53.5 cm³/mol. The van der Waals surface area contributed by atoms with Crippen LogP contribution >= 0.6 is 12.4 Å². The molecular weight excluding hydrogens is 156 g/mol. The van der Waals surface area contributed by atoms with Gasteiger partial charge in [-0.1, -0.05) is 26.2 Å². The third-order valence-corrected chi connectivity index (χ3v) is 0.854. The molecule has 0 aliphatic heterocycles. The van der Waals surface area contributed by atoms with Crippen LogP contribution in [-0.4, -0.2) is 23.1 Å². The summed E-state index contributed by atoms with van der Waals surface area (Å²) in [5, 5.41) is 0. The van der Waals surface area contributed by atoms with E-state index in [1.807, 2.05) is 0 Å². The summed E-state index contributed by atoms with van der Waals surface area (Å²) in [7, 11) is 0. The molecule has 0 saturated heterocycles. The van der Waals surface area contributed by atoms with Crippen molar-refractivity contribution in [3.8, 4) is 0 Å². The summed E-state index contributed by atoms with van der Waals surface area (Å²) in [4.78, 5) is 0. The molecule has 0 aliphatic rings. The van der Waals surface area contributed by atoms with E-state index in [1.54, 1.807) is 6.92 Å². The third kappa shape index (κ3) is 35.7. The largest absolute Gasteiger partial charge is 2.00 e. The minimum Gasteiger partial charge on any atom is -0.346 e. The second-order valence-electron chi connectivity index (χ2n) is 1.56. The topological polar surface area (TPSA) is 0 Å². The van der Waals surface area contributed by atoms with Crippen molar-refractivity contribution in [2.75, 3.05) is 0 Å². The first-order chi connectivity index (χ1) is 3.91. The van der Waals surface area contributed by atoms with Gasteiger partial charge in [-0.05, 0) is 0 Å². The van der Waals surface area contributed by atoms with Crippen molar-refractivity contribution in [2.45, 2.75) is 39.5 Å². The molecule has 0 fully saturated rings. The van der Waals surface area contributed by atoms with Gasteiger partial charge in [-0.25, -0.2) is 0 Å². The van der Waals surface area contributed by atoms with E-state index in [9.17, 15) is 0 Å². The Morgan fingerprint density at radius 2 is 1.50 bits per heavy atom. The van der Waals surface area contributed by atoms with Gasteiger partial charge in [0.05, 0.1) is 0 Å². The average Bonchev–Trinajstić information content (AvgIpc) is 1.88. The van der Waals surface area contributed by atoms with Gasteiger partial charge >= 0.3 is 23.1 Å². The maximum atomic E-state index is 3.72. The van der Waals surface area contributed by atoms with Crippen molar-refractivity contribution in [3.05, 3.63) is 13.8 Å². The summed E-state index contributed by atoms with van der Waals surface area (Å²) < 4.78 is 0. The molecule has 2 heteroatoms. The Labute approximate surface area is 88.7 Å². The van der Waals surface area contributed by atoms with E-state index in [0.717, 1.165) is 6.42 Å². The van der Waals surface area contributed by atoms with Crippen LogP contribution in [0.4, 0.5) is 0 Å². The molecule has 0 unspecified atom stereocenters. The van der Waals surface area contributed by atoms with E-state index in [0.29, 0.717) is 0 Å². The molecule has 0 bridgehead atoms. The molecule has 0 spiro atoms. The number of hydrogen-bond donors (Lipinski definition) is 0. The standard InChI is InChI=1S/C6H13.C2H5.ClH.Mg/c1-3-5-6-4-2;1-2;;/h1,3-6H2,2H3;1H2,2H3;1H;/q2*-1;;+2. The third-order valence-electron chi connectivity index (χ3n) is 0.854. The molecule has 0 aliphatic carbocycles. The van der Waals surface area contributed by atoms with Gasteiger partial charge in [0, 0.05) is 0 Å². The second kappa shape index (κ2) is 32.3. The maximum Gasteiger partial charge on any atom is 2.00 e. The first kappa shape index (κ1) is 22.5. The van der Waals surface area contributed by atoms with Gasteiger partial charge in [0.25, 0.3) is 0 Å². The Hall–Kier alpha value is 1.06. The molecular formula is C8H19ClMg. The van der Waals surface area contributed by atoms with Crippen molar-refractivity contribution in [1.29, 1.82) is 0 Å². The summed E-state index contributed by atoms with van der Waals surface area (Å²) in [6, 6.07) is 0. The molecule has 0 amide bonds. The van der Waals surface area contributed by atoms with E-state index >= 15 is 0 Å². The van der Waals surface area contributed by atoms with Crippen LogP contribution in [-0.2, 0) is 0 Å². The Balaban J connectivity index is -0.0000000412. The smallest absolute Gasteiger partial charge is 0.346 e. The van der Waals surface area contributed by atoms with Crippen molar-refractivity contribution < 1.29 is 0 Å². The Morgan fingerprint density at radius 3 is 1.60 bits per heavy atom. The molecule has 0 aromatic heterocycles. The zero-order valence-electron chi connectivity index (χ0n) is 7.36. The van der Waals surface area contributed by atoms with E-state index in [4.69, 9.17) is 0 Å². The van der Waals surface area contributed by atoms with Crippen LogP contribution in [0.25, 0.3) is 0 Å². The van der Waals surface area contributed by atoms with Gasteiger partial charge in [0.2, 0.25) is 0 Å². The van der Waals surface area contributed by atoms with Gasteiger partial charge in [0.1, 0.15) is 0 Å². The van der Waals surface area contributed by atoms with Crippen LogP contribution in [0, 0.1) is 13.8 Å². The van der Waals surface area contributed by atoms with Crippen LogP contribution in [0.15, 0.2) is 0 Å². The Morgan fingerprint density at radius 1 is 1.10 bits per heavy atom. The quantitative estimate of drug-likeness (QED) is 0.350. The zero-order valence-corrected chi connectivity index (χ0v) is 9.59.